The van der Waals surface area contributed by atoms with Gasteiger partial charge in [-0.2, -0.15) is 0 Å². The quantitative estimate of drug-likeness (QED) is 0.299. The second-order valence-corrected chi connectivity index (χ2v) is 8.80. The lowest BCUT2D eigenvalue weighted by atomic mass is 10.2. The van der Waals surface area contributed by atoms with E-state index in [1.807, 2.05) is 0 Å². The number of hydrogen-bond acceptors (Lipinski definition) is 7. The maximum absolute atomic E-state index is 12.7. The van der Waals surface area contributed by atoms with E-state index >= 15 is 0 Å². The molecule has 0 aliphatic rings. The van der Waals surface area contributed by atoms with Crippen molar-refractivity contribution in [2.24, 2.45) is 0 Å². The average molecular weight is 516 g/mol. The lowest BCUT2D eigenvalue weighted by Crippen LogP contribution is -2.19. The van der Waals surface area contributed by atoms with Crippen molar-refractivity contribution >= 4 is 63.1 Å². The molecule has 2 amide bonds. The van der Waals surface area contributed by atoms with E-state index in [1.165, 1.54) is 42.0 Å². The number of urea groups is 1. The molecule has 4 aromatic rings. The molecule has 0 unspecified atom stereocenters. The molecule has 0 aliphatic carbocycles. The summed E-state index contributed by atoms with van der Waals surface area (Å²) in [5.74, 6) is -0.776. The van der Waals surface area contributed by atoms with Gasteiger partial charge in [0, 0.05) is 29.4 Å². The minimum atomic E-state index is -0.584. The van der Waals surface area contributed by atoms with Crippen molar-refractivity contribution in [1.29, 1.82) is 0 Å². The number of amides is 2. The molecule has 0 radical (unpaired) electrons. The lowest BCUT2D eigenvalue weighted by molar-refractivity contribution is 0.0927. The minimum absolute atomic E-state index is 0.0705. The average Bonchev–Trinajstić information content (AvgIpc) is 3.46. The van der Waals surface area contributed by atoms with Gasteiger partial charge < -0.3 is 10.4 Å². The molecule has 0 fully saturated rings. The fourth-order valence-electron chi connectivity index (χ4n) is 3.05. The van der Waals surface area contributed by atoms with Crippen molar-refractivity contribution in [3.8, 4) is 16.3 Å². The Balaban J connectivity index is 1.42. The fraction of sp³-hybridized carbons (Fsp3) is 0.0455. The first-order valence-corrected chi connectivity index (χ1v) is 11.2. The van der Waals surface area contributed by atoms with Crippen LogP contribution in [0.3, 0.4) is 0 Å². The number of carbonyl (C=O) groups excluding carboxylic acids is 3. The van der Waals surface area contributed by atoms with Crippen LogP contribution in [0, 0.1) is 0 Å². The van der Waals surface area contributed by atoms with Gasteiger partial charge in [0.05, 0.1) is 16.3 Å². The predicted molar refractivity (Wildman–Crippen MR) is 130 cm³/mol. The van der Waals surface area contributed by atoms with Gasteiger partial charge in [-0.1, -0.05) is 34.5 Å². The topological polar surface area (TPSA) is 126 Å². The van der Waals surface area contributed by atoms with E-state index in [0.29, 0.717) is 26.8 Å². The van der Waals surface area contributed by atoms with Gasteiger partial charge in [0.2, 0.25) is 5.13 Å². The van der Waals surface area contributed by atoms with E-state index in [-0.39, 0.29) is 33.3 Å². The van der Waals surface area contributed by atoms with Crippen molar-refractivity contribution in [1.82, 2.24) is 14.8 Å². The maximum Gasteiger partial charge on any atom is 0.325 e. The van der Waals surface area contributed by atoms with Crippen molar-refractivity contribution in [2.45, 2.75) is 6.92 Å². The zero-order valence-corrected chi connectivity index (χ0v) is 19.7. The first kappa shape index (κ1) is 23.4. The van der Waals surface area contributed by atoms with E-state index in [4.69, 9.17) is 23.2 Å². The number of nitrogens with zero attached hydrogens (tertiary/aromatic N) is 3. The summed E-state index contributed by atoms with van der Waals surface area (Å²) in [4.78, 5) is 36.7. The molecule has 2 heterocycles. The maximum atomic E-state index is 12.7. The third-order valence-corrected chi connectivity index (χ3v) is 6.00. The van der Waals surface area contributed by atoms with Gasteiger partial charge in [0.1, 0.15) is 5.75 Å². The van der Waals surface area contributed by atoms with Crippen LogP contribution >= 0.6 is 34.5 Å². The number of carbonyl (C=O) groups is 3. The lowest BCUT2D eigenvalue weighted by Gasteiger charge is -2.08. The largest absolute Gasteiger partial charge is 0.506 e. The van der Waals surface area contributed by atoms with Crippen LogP contribution in [0.1, 0.15) is 27.8 Å². The highest BCUT2D eigenvalue weighted by molar-refractivity contribution is 7.18. The first-order valence-electron chi connectivity index (χ1n) is 9.66. The molecule has 0 spiro atoms. The Morgan fingerprint density at radius 3 is 2.47 bits per heavy atom. The number of aromatic nitrogens is 3. The first-order chi connectivity index (χ1) is 16.2. The zero-order valence-electron chi connectivity index (χ0n) is 17.4. The molecule has 0 bridgehead atoms. The van der Waals surface area contributed by atoms with Gasteiger partial charge in [0.25, 0.3) is 5.91 Å². The molecule has 2 aromatic carbocycles. The Morgan fingerprint density at radius 2 is 1.76 bits per heavy atom. The van der Waals surface area contributed by atoms with Crippen molar-refractivity contribution < 1.29 is 19.5 Å². The van der Waals surface area contributed by atoms with Crippen LogP contribution in [0.4, 0.5) is 15.6 Å². The number of aromatic hydroxyl groups is 1. The molecule has 3 N–H and O–H groups in total. The second kappa shape index (κ2) is 9.64. The Hall–Kier alpha value is -3.73. The fourth-order valence-corrected chi connectivity index (χ4v) is 4.30. The van der Waals surface area contributed by atoms with E-state index in [2.05, 4.69) is 20.8 Å². The third kappa shape index (κ3) is 4.93. The second-order valence-electron chi connectivity index (χ2n) is 6.98. The summed E-state index contributed by atoms with van der Waals surface area (Å²) in [5, 5.41) is 24.0. The molecule has 2 aromatic heterocycles. The van der Waals surface area contributed by atoms with Crippen molar-refractivity contribution in [3.63, 3.8) is 0 Å². The number of hydrogen-bond donors (Lipinski definition) is 3. The molecule has 9 nitrogen and oxygen atoms in total. The monoisotopic (exact) mass is 515 g/mol. The van der Waals surface area contributed by atoms with Gasteiger partial charge >= 0.3 is 6.03 Å². The van der Waals surface area contributed by atoms with Gasteiger partial charge in [-0.15, -0.1) is 10.2 Å². The van der Waals surface area contributed by atoms with E-state index in [9.17, 15) is 19.5 Å². The Bertz CT molecular complexity index is 1420. The molecular weight excluding hydrogens is 501 g/mol. The molecule has 0 atom stereocenters. The summed E-state index contributed by atoms with van der Waals surface area (Å²) >= 11 is 12.9. The van der Waals surface area contributed by atoms with Crippen LogP contribution in [0.2, 0.25) is 10.0 Å². The van der Waals surface area contributed by atoms with Crippen LogP contribution in [0.25, 0.3) is 10.6 Å². The van der Waals surface area contributed by atoms with Crippen LogP contribution < -0.4 is 10.6 Å². The van der Waals surface area contributed by atoms with Gasteiger partial charge in [-0.25, -0.2) is 4.79 Å². The van der Waals surface area contributed by atoms with E-state index in [1.54, 1.807) is 24.3 Å². The number of anilines is 2. The number of phenolic OH excluding ortho intramolecular Hbond substituents is 1. The molecule has 0 saturated carbocycles. The summed E-state index contributed by atoms with van der Waals surface area (Å²) in [7, 11) is 0. The minimum Gasteiger partial charge on any atom is -0.506 e. The molecular formula is C22H15Cl2N5O4S. The molecule has 0 saturated heterocycles. The van der Waals surface area contributed by atoms with Gasteiger partial charge in [-0.05, 0) is 48.5 Å². The normalized spacial score (nSPS) is 10.7. The number of Topliss-reactive ketones (excluding diaryl/α,β-unsaturated/α-hetero) is 1. The SMILES string of the molecule is CC(=O)c1cccn1C(=O)c1ccc(NC(=O)Nc2nnc(-c3cc(Cl)cc(Cl)c3O)s2)cc1. The van der Waals surface area contributed by atoms with Crippen LogP contribution in [-0.2, 0) is 0 Å². The van der Waals surface area contributed by atoms with Crippen molar-refractivity contribution in [2.75, 3.05) is 10.6 Å². The standard InChI is InChI=1S/C22H15Cl2N5O4S/c1-11(30)17-3-2-8-29(17)20(32)12-4-6-14(7-5-12)25-21(33)26-22-28-27-19(34-22)15-9-13(23)10-16(24)18(15)31/h2-10,31H,1H3,(H2,25,26,28,33). The molecule has 0 aliphatic heterocycles. The highest BCUT2D eigenvalue weighted by atomic mass is 35.5. The van der Waals surface area contributed by atoms with Crippen LogP contribution in [0.15, 0.2) is 54.7 Å². The summed E-state index contributed by atoms with van der Waals surface area (Å²) in [5.41, 5.74) is 1.35. The number of ketones is 1. The van der Waals surface area contributed by atoms with Gasteiger partial charge in [-0.3, -0.25) is 19.5 Å². The van der Waals surface area contributed by atoms with Crippen molar-refractivity contribution in [3.05, 3.63) is 76.0 Å². The van der Waals surface area contributed by atoms with E-state index in [0.717, 1.165) is 11.3 Å². The van der Waals surface area contributed by atoms with Crippen LogP contribution in [-0.4, -0.2) is 37.6 Å². The number of benzene rings is 2. The summed E-state index contributed by atoms with van der Waals surface area (Å²) in [6.45, 7) is 1.39. The number of nitrogens with one attached hydrogen (secondary N) is 2. The Kier molecular flexibility index (Phi) is 6.64. The highest BCUT2D eigenvalue weighted by Crippen LogP contribution is 2.39. The van der Waals surface area contributed by atoms with E-state index < -0.39 is 6.03 Å². The predicted octanol–water partition coefficient (Wildman–Crippen LogP) is 5.55. The third-order valence-electron chi connectivity index (χ3n) is 4.62. The smallest absolute Gasteiger partial charge is 0.325 e. The number of halogens is 2. The number of rotatable bonds is 5. The molecule has 4 rings (SSSR count). The Morgan fingerprint density at radius 1 is 1.03 bits per heavy atom. The summed E-state index contributed by atoms with van der Waals surface area (Å²) in [6.07, 6.45) is 1.52. The van der Waals surface area contributed by atoms with Gasteiger partial charge in [0.15, 0.2) is 10.8 Å². The Labute approximate surface area is 207 Å². The molecule has 34 heavy (non-hydrogen) atoms. The highest BCUT2D eigenvalue weighted by Gasteiger charge is 2.17. The summed E-state index contributed by atoms with van der Waals surface area (Å²) in [6, 6.07) is 11.7. The van der Waals surface area contributed by atoms with Crippen LogP contribution in [0.5, 0.6) is 5.75 Å². The summed E-state index contributed by atoms with van der Waals surface area (Å²) < 4.78 is 1.27. The molecule has 172 valence electrons. The molecule has 12 heteroatoms. The zero-order chi connectivity index (χ0) is 24.4. The number of phenols is 1.